The molecule has 0 N–H and O–H groups in total. The number of halogens is 15. The Labute approximate surface area is 217 Å². The summed E-state index contributed by atoms with van der Waals surface area (Å²) < 4.78 is 213. The fourth-order valence-electron chi connectivity index (χ4n) is 3.02. The average Bonchev–Trinajstić information content (AvgIpc) is 2.68. The molecule has 0 bridgehead atoms. The first-order valence-corrected chi connectivity index (χ1v) is 12.0. The third-order valence-corrected chi connectivity index (χ3v) is 7.52. The van der Waals surface area contributed by atoms with Crippen LogP contribution in [0.4, 0.5) is 61.5 Å². The summed E-state index contributed by atoms with van der Waals surface area (Å²) in [5.74, 6) is -34.6. The van der Waals surface area contributed by atoms with Crippen molar-refractivity contribution < 1.29 is 84.3 Å². The van der Waals surface area contributed by atoms with Crippen molar-refractivity contribution in [3.63, 3.8) is 0 Å². The summed E-state index contributed by atoms with van der Waals surface area (Å²) in [6.45, 7) is -1.24. The Morgan fingerprint density at radius 3 is 1.64 bits per heavy atom. The Bertz CT molecular complexity index is 969. The van der Waals surface area contributed by atoms with Gasteiger partial charge in [-0.15, -0.1) is 0 Å². The van der Waals surface area contributed by atoms with Gasteiger partial charge in [-0.25, -0.2) is 17.1 Å². The molecule has 0 spiro atoms. The first-order chi connectivity index (χ1) is 16.8. The molecule has 0 heterocycles. The van der Waals surface area contributed by atoms with Gasteiger partial charge in [-0.1, -0.05) is 0 Å². The van der Waals surface area contributed by atoms with Crippen LogP contribution in [-0.4, -0.2) is 111 Å². The zero-order valence-corrected chi connectivity index (χ0v) is 21.4. The predicted octanol–water partition coefficient (Wildman–Crippen LogP) is 3.50. The smallest absolute Gasteiger partial charge is 0.436 e. The van der Waals surface area contributed by atoms with Crippen LogP contribution in [-0.2, 0) is 14.8 Å². The Morgan fingerprint density at radius 1 is 0.846 bits per heavy atom. The zero-order chi connectivity index (χ0) is 31.9. The summed E-state index contributed by atoms with van der Waals surface area (Å²) in [4.78, 5) is 10.6. The molecular formula is C17H21ClF14N2O4S. The van der Waals surface area contributed by atoms with E-state index in [1.54, 1.807) is 0 Å². The highest BCUT2D eigenvalue weighted by molar-refractivity contribution is 7.89. The Balaban J connectivity index is 5.98. The molecule has 0 aliphatic heterocycles. The topological polar surface area (TPSA) is 77.5 Å². The molecule has 0 aliphatic carbocycles. The molecule has 0 saturated heterocycles. The van der Waals surface area contributed by atoms with Gasteiger partial charge >= 0.3 is 40.9 Å². The molecule has 234 valence electrons. The van der Waals surface area contributed by atoms with E-state index in [0.717, 1.165) is 0 Å². The van der Waals surface area contributed by atoms with Gasteiger partial charge in [0.05, 0.1) is 32.4 Å². The van der Waals surface area contributed by atoms with Crippen LogP contribution in [0.1, 0.15) is 12.8 Å². The maximum Gasteiger partial charge on any atom is 0.436 e. The summed E-state index contributed by atoms with van der Waals surface area (Å²) in [5, 5.41) is 3.55. The SMILES string of the molecule is CN(CCC[N+](C)(C)CC(=O)[O-])S(=O)(=O)CCC(F)(F)C(F)(F)C(F)(F)C(F)(F)C(F)(C(F)(F)F)C(F)(F)Cl. The molecule has 1 unspecified atom stereocenters. The van der Waals surface area contributed by atoms with Crippen LogP contribution in [0, 0.1) is 0 Å². The lowest BCUT2D eigenvalue weighted by Crippen LogP contribution is -2.75. The van der Waals surface area contributed by atoms with Crippen molar-refractivity contribution in [2.45, 2.75) is 53.8 Å². The van der Waals surface area contributed by atoms with Crippen molar-refractivity contribution in [1.29, 1.82) is 0 Å². The van der Waals surface area contributed by atoms with Gasteiger partial charge in [-0.3, -0.25) is 0 Å². The Hall–Kier alpha value is -1.35. The molecule has 0 radical (unpaired) electrons. The number of carboxylic acid groups (broad SMARTS) is 1. The van der Waals surface area contributed by atoms with Crippen molar-refractivity contribution in [3.8, 4) is 0 Å². The van der Waals surface area contributed by atoms with Gasteiger partial charge in [0.25, 0.3) is 0 Å². The number of carbonyl (C=O) groups excluding carboxylic acids is 1. The molecule has 6 nitrogen and oxygen atoms in total. The number of alkyl halides is 15. The number of quaternary nitrogens is 1. The van der Waals surface area contributed by atoms with Crippen molar-refractivity contribution in [1.82, 2.24) is 4.31 Å². The summed E-state index contributed by atoms with van der Waals surface area (Å²) in [6, 6.07) is 0. The number of hydrogen-bond acceptors (Lipinski definition) is 4. The van der Waals surface area contributed by atoms with Crippen LogP contribution in [0.25, 0.3) is 0 Å². The molecule has 0 aromatic carbocycles. The minimum atomic E-state index is -8.33. The number of hydrogen-bond donors (Lipinski definition) is 0. The van der Waals surface area contributed by atoms with Crippen LogP contribution >= 0.6 is 11.6 Å². The summed E-state index contributed by atoms with van der Waals surface area (Å²) in [7, 11) is -1.72. The van der Waals surface area contributed by atoms with E-state index in [2.05, 4.69) is 11.6 Å². The molecule has 1 atom stereocenters. The van der Waals surface area contributed by atoms with Crippen molar-refractivity contribution in [2.75, 3.05) is 46.5 Å². The highest BCUT2D eigenvalue weighted by Gasteiger charge is 2.94. The fraction of sp³-hybridized carbons (Fsp3) is 0.941. The average molecular weight is 651 g/mol. The van der Waals surface area contributed by atoms with Crippen molar-refractivity contribution in [2.24, 2.45) is 0 Å². The number of aliphatic carboxylic acids is 1. The van der Waals surface area contributed by atoms with E-state index >= 15 is 0 Å². The molecule has 0 fully saturated rings. The molecule has 39 heavy (non-hydrogen) atoms. The minimum Gasteiger partial charge on any atom is -0.544 e. The second kappa shape index (κ2) is 11.1. The van der Waals surface area contributed by atoms with Crippen LogP contribution in [0.3, 0.4) is 0 Å². The summed E-state index contributed by atoms with van der Waals surface area (Å²) in [6.07, 6.45) is -11.0. The fourth-order valence-corrected chi connectivity index (χ4v) is 4.48. The predicted molar refractivity (Wildman–Crippen MR) is 103 cm³/mol. The van der Waals surface area contributed by atoms with E-state index in [9.17, 15) is 79.8 Å². The van der Waals surface area contributed by atoms with Gasteiger partial charge in [0, 0.05) is 26.4 Å². The molecule has 0 rings (SSSR count). The lowest BCUT2D eigenvalue weighted by atomic mass is 9.86. The van der Waals surface area contributed by atoms with Crippen LogP contribution in [0.2, 0.25) is 0 Å². The number of likely N-dealkylation sites (N-methyl/N-ethyl adjacent to an activating group) is 1. The summed E-state index contributed by atoms with van der Waals surface area (Å²) >= 11 is 3.54. The number of carbonyl (C=O) groups is 1. The lowest BCUT2D eigenvalue weighted by Gasteiger charge is -2.43. The molecule has 0 saturated carbocycles. The van der Waals surface area contributed by atoms with E-state index < -0.39 is 82.2 Å². The maximum absolute atomic E-state index is 14.0. The van der Waals surface area contributed by atoms with Crippen LogP contribution in [0.15, 0.2) is 0 Å². The largest absolute Gasteiger partial charge is 0.544 e. The van der Waals surface area contributed by atoms with Gasteiger partial charge < -0.3 is 14.4 Å². The van der Waals surface area contributed by atoms with Crippen molar-refractivity contribution >= 4 is 27.6 Å². The van der Waals surface area contributed by atoms with Crippen LogP contribution < -0.4 is 5.11 Å². The van der Waals surface area contributed by atoms with E-state index in [1.165, 1.54) is 14.1 Å². The number of carboxylic acids is 1. The van der Waals surface area contributed by atoms with E-state index in [-0.39, 0.29) is 21.8 Å². The normalized spacial score (nSPS) is 16.9. The second-order valence-electron chi connectivity index (χ2n) is 9.01. The quantitative estimate of drug-likeness (QED) is 0.155. The lowest BCUT2D eigenvalue weighted by molar-refractivity contribution is -0.884. The van der Waals surface area contributed by atoms with Gasteiger partial charge in [0.15, 0.2) is 0 Å². The molecule has 0 aromatic heterocycles. The highest BCUT2D eigenvalue weighted by Crippen LogP contribution is 2.64. The van der Waals surface area contributed by atoms with E-state index in [4.69, 9.17) is 0 Å². The van der Waals surface area contributed by atoms with Gasteiger partial charge in [-0.05, 0) is 11.6 Å². The molecule has 0 aromatic rings. The Kier molecular flexibility index (Phi) is 10.8. The molecule has 0 amide bonds. The zero-order valence-electron chi connectivity index (χ0n) is 19.8. The standard InChI is InChI=1S/C17H21ClF14N2O4S/c1-33(6-4-7-34(2,3)9-10(35)36)39(37,38)8-5-11(19,20)13(22,23)15(26,27)14(24,25)12(21,16(18,28)29)17(30,31)32/h4-9H2,1-3H3. The monoisotopic (exact) mass is 650 g/mol. The van der Waals surface area contributed by atoms with Gasteiger partial charge in [0.2, 0.25) is 10.0 Å². The minimum absolute atomic E-state index is 0.0846. The van der Waals surface area contributed by atoms with Crippen LogP contribution in [0.5, 0.6) is 0 Å². The highest BCUT2D eigenvalue weighted by atomic mass is 35.5. The number of rotatable bonds is 15. The van der Waals surface area contributed by atoms with E-state index in [1.807, 2.05) is 0 Å². The third kappa shape index (κ3) is 7.30. The first-order valence-electron chi connectivity index (χ1n) is 10.0. The van der Waals surface area contributed by atoms with Crippen molar-refractivity contribution in [3.05, 3.63) is 0 Å². The first kappa shape index (κ1) is 37.6. The molecular weight excluding hydrogens is 630 g/mol. The number of nitrogens with zero attached hydrogens (tertiary/aromatic N) is 2. The van der Waals surface area contributed by atoms with Gasteiger partial charge in [-0.2, -0.15) is 57.1 Å². The second-order valence-corrected chi connectivity index (χ2v) is 11.7. The van der Waals surface area contributed by atoms with Gasteiger partial charge in [0.1, 0.15) is 6.54 Å². The number of sulfonamides is 1. The third-order valence-electron chi connectivity index (χ3n) is 5.40. The summed E-state index contributed by atoms with van der Waals surface area (Å²) in [5.41, 5.74) is -7.99. The van der Waals surface area contributed by atoms with E-state index in [0.29, 0.717) is 7.05 Å². The Morgan fingerprint density at radius 2 is 1.28 bits per heavy atom. The maximum atomic E-state index is 14.0. The molecule has 0 aliphatic rings. The molecule has 22 heteroatoms.